The summed E-state index contributed by atoms with van der Waals surface area (Å²) in [4.78, 5) is 0. The first-order chi connectivity index (χ1) is 8.44. The van der Waals surface area contributed by atoms with Crippen LogP contribution in [0.1, 0.15) is 46.5 Å². The molecule has 0 aromatic heterocycles. The van der Waals surface area contributed by atoms with Crippen molar-refractivity contribution in [3.63, 3.8) is 0 Å². The normalized spacial score (nSPS) is 30.3. The Morgan fingerprint density at radius 1 is 1.39 bits per heavy atom. The average Bonchev–Trinajstić information content (AvgIpc) is 2.29. The van der Waals surface area contributed by atoms with Gasteiger partial charge in [0.05, 0.1) is 11.7 Å². The van der Waals surface area contributed by atoms with Crippen molar-refractivity contribution in [2.45, 2.75) is 69.7 Å². The van der Waals surface area contributed by atoms with Crippen molar-refractivity contribution in [3.8, 4) is 0 Å². The van der Waals surface area contributed by atoms with Crippen LogP contribution in [0.25, 0.3) is 0 Å². The summed E-state index contributed by atoms with van der Waals surface area (Å²) in [5, 5.41) is 13.4. The Balaban J connectivity index is 1.94. The van der Waals surface area contributed by atoms with Gasteiger partial charge in [-0.3, -0.25) is 0 Å². The second-order valence-electron chi connectivity index (χ2n) is 6.38. The van der Waals surface area contributed by atoms with Gasteiger partial charge in [-0.05, 0) is 58.0 Å². The first kappa shape index (κ1) is 14.6. The molecule has 2 heterocycles. The molecule has 2 N–H and O–H groups in total. The highest BCUT2D eigenvalue weighted by atomic mass is 32.2. The Bertz CT molecular complexity index is 269. The van der Waals surface area contributed by atoms with E-state index < -0.39 is 0 Å². The molecule has 2 unspecified atom stereocenters. The topological polar surface area (TPSA) is 41.5 Å². The molecule has 2 fully saturated rings. The van der Waals surface area contributed by atoms with Crippen LogP contribution in [0, 0.1) is 0 Å². The van der Waals surface area contributed by atoms with Crippen molar-refractivity contribution in [3.05, 3.63) is 0 Å². The molecule has 0 saturated carbocycles. The van der Waals surface area contributed by atoms with Gasteiger partial charge in [-0.2, -0.15) is 11.8 Å². The van der Waals surface area contributed by atoms with Crippen LogP contribution in [0.5, 0.6) is 0 Å². The minimum Gasteiger partial charge on any atom is -0.392 e. The molecule has 0 radical (unpaired) electrons. The molecule has 3 nitrogen and oxygen atoms in total. The quantitative estimate of drug-likeness (QED) is 0.827. The van der Waals surface area contributed by atoms with Gasteiger partial charge in [0.1, 0.15) is 0 Å². The van der Waals surface area contributed by atoms with Gasteiger partial charge in [0, 0.05) is 18.2 Å². The molecular weight excluding hydrogens is 246 g/mol. The number of thioether (sulfide) groups is 1. The summed E-state index contributed by atoms with van der Waals surface area (Å²) in [7, 11) is 0. The third-order valence-corrected chi connectivity index (χ3v) is 5.50. The highest BCUT2D eigenvalue weighted by Crippen LogP contribution is 2.38. The summed E-state index contributed by atoms with van der Waals surface area (Å²) in [6, 6.07) is 0.478. The molecule has 106 valence electrons. The van der Waals surface area contributed by atoms with Gasteiger partial charge in [-0.25, -0.2) is 0 Å². The van der Waals surface area contributed by atoms with Gasteiger partial charge in [0.25, 0.3) is 0 Å². The van der Waals surface area contributed by atoms with Crippen LogP contribution in [0.2, 0.25) is 0 Å². The molecule has 2 atom stereocenters. The van der Waals surface area contributed by atoms with E-state index in [0.29, 0.717) is 6.04 Å². The number of hydrogen-bond acceptors (Lipinski definition) is 4. The zero-order valence-corrected chi connectivity index (χ0v) is 12.7. The van der Waals surface area contributed by atoms with Crippen molar-refractivity contribution in [1.29, 1.82) is 0 Å². The molecular formula is C14H27NO2S. The molecule has 0 bridgehead atoms. The first-order valence-electron chi connectivity index (χ1n) is 7.11. The standard InChI is InChI=1S/C14H27NO2S/c1-11(16)13(2,3)15-12-4-7-17-14(10-12)5-8-18-9-6-14/h11-12,15-16H,4-10H2,1-3H3. The number of rotatable bonds is 3. The van der Waals surface area contributed by atoms with E-state index in [0.717, 1.165) is 19.4 Å². The van der Waals surface area contributed by atoms with E-state index in [1.54, 1.807) is 0 Å². The first-order valence-corrected chi connectivity index (χ1v) is 8.26. The fourth-order valence-corrected chi connectivity index (χ4v) is 4.13. The van der Waals surface area contributed by atoms with Gasteiger partial charge < -0.3 is 15.2 Å². The van der Waals surface area contributed by atoms with E-state index in [1.165, 1.54) is 24.3 Å². The van der Waals surface area contributed by atoms with Crippen molar-refractivity contribution in [2.24, 2.45) is 0 Å². The van der Waals surface area contributed by atoms with Gasteiger partial charge in [0.2, 0.25) is 0 Å². The summed E-state index contributed by atoms with van der Waals surface area (Å²) in [5.41, 5.74) is -0.0947. The lowest BCUT2D eigenvalue weighted by Crippen LogP contribution is -2.57. The molecule has 0 aromatic rings. The van der Waals surface area contributed by atoms with Crippen LogP contribution in [0.4, 0.5) is 0 Å². The maximum absolute atomic E-state index is 9.82. The molecule has 0 aromatic carbocycles. The molecule has 1 spiro atoms. The van der Waals surface area contributed by atoms with Crippen LogP contribution >= 0.6 is 11.8 Å². The molecule has 18 heavy (non-hydrogen) atoms. The maximum atomic E-state index is 9.82. The molecule has 2 rings (SSSR count). The lowest BCUT2D eigenvalue weighted by Gasteiger charge is -2.46. The average molecular weight is 273 g/mol. The van der Waals surface area contributed by atoms with Crippen molar-refractivity contribution >= 4 is 11.8 Å². The summed E-state index contributed by atoms with van der Waals surface area (Å²) >= 11 is 2.04. The number of hydrogen-bond donors (Lipinski definition) is 2. The van der Waals surface area contributed by atoms with Crippen LogP contribution in [0.15, 0.2) is 0 Å². The summed E-state index contributed by atoms with van der Waals surface area (Å²) < 4.78 is 6.10. The Hall–Kier alpha value is 0.230. The SMILES string of the molecule is CC(O)C(C)(C)NC1CCOC2(CCSCC2)C1. The van der Waals surface area contributed by atoms with E-state index >= 15 is 0 Å². The summed E-state index contributed by atoms with van der Waals surface area (Å²) in [6.07, 6.45) is 4.20. The van der Waals surface area contributed by atoms with E-state index in [4.69, 9.17) is 4.74 Å². The van der Waals surface area contributed by atoms with Crippen molar-refractivity contribution in [2.75, 3.05) is 18.1 Å². The molecule has 2 aliphatic rings. The lowest BCUT2D eigenvalue weighted by molar-refractivity contribution is -0.0979. The summed E-state index contributed by atoms with van der Waals surface area (Å²) in [5.74, 6) is 2.46. The second kappa shape index (κ2) is 5.70. The highest BCUT2D eigenvalue weighted by Gasteiger charge is 2.40. The fraction of sp³-hybridized carbons (Fsp3) is 1.00. The van der Waals surface area contributed by atoms with Gasteiger partial charge in [-0.1, -0.05) is 0 Å². The zero-order valence-electron chi connectivity index (χ0n) is 11.9. The predicted octanol–water partition coefficient (Wildman–Crippen LogP) is 2.18. The van der Waals surface area contributed by atoms with Gasteiger partial charge in [0.15, 0.2) is 0 Å². The third-order valence-electron chi connectivity index (χ3n) is 4.52. The maximum Gasteiger partial charge on any atom is 0.0713 e. The van der Waals surface area contributed by atoms with Crippen LogP contribution in [0.3, 0.4) is 0 Å². The molecule has 4 heteroatoms. The molecule has 0 aliphatic carbocycles. The van der Waals surface area contributed by atoms with E-state index in [-0.39, 0.29) is 17.2 Å². The predicted molar refractivity (Wildman–Crippen MR) is 77.2 cm³/mol. The minimum atomic E-state index is -0.335. The number of ether oxygens (including phenoxy) is 1. The van der Waals surface area contributed by atoms with Crippen molar-refractivity contribution < 1.29 is 9.84 Å². The fourth-order valence-electron chi connectivity index (χ4n) is 2.89. The third kappa shape index (κ3) is 3.41. The van der Waals surface area contributed by atoms with E-state index in [1.807, 2.05) is 18.7 Å². The van der Waals surface area contributed by atoms with E-state index in [2.05, 4.69) is 19.2 Å². The molecule has 2 aliphatic heterocycles. The number of aliphatic hydroxyl groups excluding tert-OH is 1. The Morgan fingerprint density at radius 3 is 2.67 bits per heavy atom. The van der Waals surface area contributed by atoms with Crippen LogP contribution in [-0.2, 0) is 4.74 Å². The largest absolute Gasteiger partial charge is 0.392 e. The molecule has 2 saturated heterocycles. The van der Waals surface area contributed by atoms with Gasteiger partial charge in [-0.15, -0.1) is 0 Å². The second-order valence-corrected chi connectivity index (χ2v) is 7.60. The Morgan fingerprint density at radius 2 is 2.06 bits per heavy atom. The van der Waals surface area contributed by atoms with E-state index in [9.17, 15) is 5.11 Å². The van der Waals surface area contributed by atoms with Crippen LogP contribution in [-0.4, -0.2) is 46.5 Å². The number of aliphatic hydroxyl groups is 1. The smallest absolute Gasteiger partial charge is 0.0713 e. The van der Waals surface area contributed by atoms with Crippen molar-refractivity contribution in [1.82, 2.24) is 5.32 Å². The van der Waals surface area contributed by atoms with Crippen LogP contribution < -0.4 is 5.32 Å². The zero-order chi connectivity index (χ0) is 13.2. The minimum absolute atomic E-state index is 0.121. The Labute approximate surface area is 115 Å². The molecule has 0 amide bonds. The number of nitrogens with one attached hydrogen (secondary N) is 1. The lowest BCUT2D eigenvalue weighted by atomic mass is 9.84. The Kier molecular flexibility index (Phi) is 4.63. The van der Waals surface area contributed by atoms with Gasteiger partial charge >= 0.3 is 0 Å². The summed E-state index contributed by atoms with van der Waals surface area (Å²) in [6.45, 7) is 6.88. The highest BCUT2D eigenvalue weighted by molar-refractivity contribution is 7.99. The monoisotopic (exact) mass is 273 g/mol.